The number of aromatic nitrogens is 1. The van der Waals surface area contributed by atoms with Gasteiger partial charge in [-0.05, 0) is 74.6 Å². The number of fused-ring (bicyclic) bond motifs is 3. The minimum atomic E-state index is 0.826. The quantitative estimate of drug-likeness (QED) is 0.387. The SMILES string of the molecule is C#CCCCc1c(C)nc2sc3c(c2c1-c1ccc(C)cc1)CCCC3. The molecule has 4 rings (SSSR count). The van der Waals surface area contributed by atoms with Crippen molar-refractivity contribution in [2.75, 3.05) is 0 Å². The molecule has 0 amide bonds. The molecular weight excluding hydrogens is 334 g/mol. The fourth-order valence-electron chi connectivity index (χ4n) is 4.15. The molecule has 1 aliphatic carbocycles. The Bertz CT molecular complexity index is 986. The van der Waals surface area contributed by atoms with Gasteiger partial charge in [0.25, 0.3) is 0 Å². The predicted molar refractivity (Wildman–Crippen MR) is 113 cm³/mol. The zero-order chi connectivity index (χ0) is 18.1. The normalized spacial score (nSPS) is 13.6. The summed E-state index contributed by atoms with van der Waals surface area (Å²) in [5.41, 5.74) is 8.18. The lowest BCUT2D eigenvalue weighted by molar-refractivity contribution is 0.700. The highest BCUT2D eigenvalue weighted by atomic mass is 32.1. The van der Waals surface area contributed by atoms with Crippen LogP contribution in [0.1, 0.15) is 52.9 Å². The van der Waals surface area contributed by atoms with Gasteiger partial charge in [0, 0.05) is 22.4 Å². The van der Waals surface area contributed by atoms with Crippen LogP contribution in [0.2, 0.25) is 0 Å². The molecule has 1 aliphatic rings. The molecule has 0 fully saturated rings. The molecule has 0 unspecified atom stereocenters. The zero-order valence-corrected chi connectivity index (χ0v) is 16.5. The van der Waals surface area contributed by atoms with Gasteiger partial charge in [0.1, 0.15) is 4.83 Å². The van der Waals surface area contributed by atoms with Gasteiger partial charge in [0.05, 0.1) is 0 Å². The lowest BCUT2D eigenvalue weighted by Crippen LogP contribution is -2.02. The van der Waals surface area contributed by atoms with Crippen molar-refractivity contribution in [2.45, 2.75) is 58.8 Å². The van der Waals surface area contributed by atoms with Crippen molar-refractivity contribution in [1.82, 2.24) is 4.98 Å². The Kier molecular flexibility index (Phi) is 4.83. The molecule has 0 aliphatic heterocycles. The Hall–Kier alpha value is -2.11. The maximum Gasteiger partial charge on any atom is 0.124 e. The van der Waals surface area contributed by atoms with Gasteiger partial charge in [-0.25, -0.2) is 4.98 Å². The van der Waals surface area contributed by atoms with E-state index >= 15 is 0 Å². The number of thiophene rings is 1. The minimum Gasteiger partial charge on any atom is -0.242 e. The van der Waals surface area contributed by atoms with Crippen molar-refractivity contribution >= 4 is 21.6 Å². The first kappa shape index (κ1) is 17.3. The van der Waals surface area contributed by atoms with E-state index in [0.29, 0.717) is 0 Å². The predicted octanol–water partition coefficient (Wildman–Crippen LogP) is 6.41. The largest absolute Gasteiger partial charge is 0.242 e. The number of hydrogen-bond acceptors (Lipinski definition) is 2. The van der Waals surface area contributed by atoms with Crippen LogP contribution in [0.4, 0.5) is 0 Å². The second kappa shape index (κ2) is 7.25. The minimum absolute atomic E-state index is 0.826. The fourth-order valence-corrected chi connectivity index (χ4v) is 5.47. The number of rotatable bonds is 4. The number of hydrogen-bond donors (Lipinski definition) is 0. The van der Waals surface area contributed by atoms with E-state index in [4.69, 9.17) is 11.4 Å². The molecule has 3 aromatic rings. The summed E-state index contributed by atoms with van der Waals surface area (Å²) >= 11 is 1.92. The molecule has 0 saturated carbocycles. The first-order valence-corrected chi connectivity index (χ1v) is 10.4. The fraction of sp³-hybridized carbons (Fsp3) is 0.375. The van der Waals surface area contributed by atoms with Crippen molar-refractivity contribution in [3.8, 4) is 23.5 Å². The second-order valence-corrected chi connectivity index (χ2v) is 8.45. The van der Waals surface area contributed by atoms with Gasteiger partial charge in [0.2, 0.25) is 0 Å². The molecule has 2 aromatic heterocycles. The third kappa shape index (κ3) is 3.06. The second-order valence-electron chi connectivity index (χ2n) is 7.37. The van der Waals surface area contributed by atoms with Gasteiger partial charge < -0.3 is 0 Å². The standard InChI is InChI=1S/C24H25NS/c1-4-5-6-9-19-17(3)25-24-23(20-10-7-8-11-21(20)26-24)22(19)18-14-12-16(2)13-15-18/h1,12-15H,5-11H2,2-3H3. The molecule has 26 heavy (non-hydrogen) atoms. The maximum atomic E-state index is 5.50. The Balaban J connectivity index is 1.98. The van der Waals surface area contributed by atoms with Crippen LogP contribution in [0.5, 0.6) is 0 Å². The van der Waals surface area contributed by atoms with Crippen LogP contribution in [0.3, 0.4) is 0 Å². The molecule has 1 nitrogen and oxygen atoms in total. The summed E-state index contributed by atoms with van der Waals surface area (Å²) in [6.07, 6.45) is 13.4. The molecule has 0 radical (unpaired) electrons. The van der Waals surface area contributed by atoms with Crippen molar-refractivity contribution in [1.29, 1.82) is 0 Å². The van der Waals surface area contributed by atoms with E-state index in [1.807, 2.05) is 11.3 Å². The summed E-state index contributed by atoms with van der Waals surface area (Å²) in [5, 5.41) is 1.43. The summed E-state index contributed by atoms with van der Waals surface area (Å²) in [6.45, 7) is 4.32. The summed E-state index contributed by atoms with van der Waals surface area (Å²) in [4.78, 5) is 7.82. The summed E-state index contributed by atoms with van der Waals surface area (Å²) in [6, 6.07) is 9.00. The third-order valence-electron chi connectivity index (χ3n) is 5.50. The highest BCUT2D eigenvalue weighted by Gasteiger charge is 2.23. The van der Waals surface area contributed by atoms with Crippen LogP contribution in [0.25, 0.3) is 21.3 Å². The van der Waals surface area contributed by atoms with E-state index in [-0.39, 0.29) is 0 Å². The van der Waals surface area contributed by atoms with Crippen LogP contribution < -0.4 is 0 Å². The van der Waals surface area contributed by atoms with Crippen molar-refractivity contribution in [3.05, 3.63) is 51.5 Å². The molecule has 2 heterocycles. The smallest absolute Gasteiger partial charge is 0.124 e. The summed E-state index contributed by atoms with van der Waals surface area (Å²) in [7, 11) is 0. The van der Waals surface area contributed by atoms with Crippen LogP contribution in [-0.2, 0) is 19.3 Å². The average molecular weight is 360 g/mol. The summed E-state index contributed by atoms with van der Waals surface area (Å²) in [5.74, 6) is 2.79. The van der Waals surface area contributed by atoms with Crippen molar-refractivity contribution in [3.63, 3.8) is 0 Å². The lowest BCUT2D eigenvalue weighted by atomic mass is 9.88. The Morgan fingerprint density at radius 1 is 1.12 bits per heavy atom. The highest BCUT2D eigenvalue weighted by Crippen LogP contribution is 2.43. The Labute approximate surface area is 160 Å². The number of unbranched alkanes of at least 4 members (excludes halogenated alkanes) is 1. The van der Waals surface area contributed by atoms with E-state index in [1.165, 1.54) is 63.8 Å². The van der Waals surface area contributed by atoms with E-state index in [1.54, 1.807) is 10.4 Å². The maximum absolute atomic E-state index is 5.50. The van der Waals surface area contributed by atoms with Crippen LogP contribution in [0, 0.1) is 26.2 Å². The Morgan fingerprint density at radius 3 is 2.65 bits per heavy atom. The monoisotopic (exact) mass is 359 g/mol. The van der Waals surface area contributed by atoms with E-state index in [2.05, 4.69) is 44.0 Å². The first-order chi connectivity index (χ1) is 12.7. The molecule has 0 spiro atoms. The number of terminal acetylenes is 1. The molecular formula is C24H25NS. The zero-order valence-electron chi connectivity index (χ0n) is 15.7. The highest BCUT2D eigenvalue weighted by molar-refractivity contribution is 7.19. The van der Waals surface area contributed by atoms with Gasteiger partial charge in [0.15, 0.2) is 0 Å². The molecule has 0 atom stereocenters. The van der Waals surface area contributed by atoms with Crippen molar-refractivity contribution < 1.29 is 0 Å². The Morgan fingerprint density at radius 2 is 1.88 bits per heavy atom. The van der Waals surface area contributed by atoms with Gasteiger partial charge in [-0.15, -0.1) is 23.7 Å². The molecule has 0 bridgehead atoms. The van der Waals surface area contributed by atoms with E-state index < -0.39 is 0 Å². The van der Waals surface area contributed by atoms with Gasteiger partial charge in [-0.1, -0.05) is 29.8 Å². The van der Waals surface area contributed by atoms with Gasteiger partial charge in [-0.2, -0.15) is 0 Å². The first-order valence-electron chi connectivity index (χ1n) is 9.63. The molecule has 1 aromatic carbocycles. The number of benzene rings is 1. The summed E-state index contributed by atoms with van der Waals surface area (Å²) < 4.78 is 0. The van der Waals surface area contributed by atoms with E-state index in [0.717, 1.165) is 19.3 Å². The third-order valence-corrected chi connectivity index (χ3v) is 6.68. The number of pyridine rings is 1. The van der Waals surface area contributed by atoms with E-state index in [9.17, 15) is 0 Å². The number of nitrogens with zero attached hydrogens (tertiary/aromatic N) is 1. The van der Waals surface area contributed by atoms with Crippen molar-refractivity contribution in [2.24, 2.45) is 0 Å². The molecule has 0 saturated heterocycles. The molecule has 2 heteroatoms. The van der Waals surface area contributed by atoms with Crippen LogP contribution in [0.15, 0.2) is 24.3 Å². The molecule has 132 valence electrons. The van der Waals surface area contributed by atoms with Gasteiger partial charge >= 0.3 is 0 Å². The van der Waals surface area contributed by atoms with Gasteiger partial charge in [-0.3, -0.25) is 0 Å². The van der Waals surface area contributed by atoms with Crippen LogP contribution in [-0.4, -0.2) is 4.98 Å². The number of aryl methyl sites for hydroxylation is 4. The van der Waals surface area contributed by atoms with Crippen LogP contribution >= 0.6 is 11.3 Å². The topological polar surface area (TPSA) is 12.9 Å². The molecule has 0 N–H and O–H groups in total. The average Bonchev–Trinajstić information content (AvgIpc) is 3.01. The lowest BCUT2D eigenvalue weighted by Gasteiger charge is -2.17.